The molecule has 1 fully saturated rings. The van der Waals surface area contributed by atoms with Crippen LogP contribution in [0, 0.1) is 11.8 Å². The Labute approximate surface area is 285 Å². The minimum absolute atomic E-state index is 0.0196. The molecule has 1 saturated carbocycles. The summed E-state index contributed by atoms with van der Waals surface area (Å²) in [4.78, 5) is 77.0. The number of nitrogens with one attached hydrogen (secondary N) is 5. The molecule has 15 nitrogen and oxygen atoms in total. The van der Waals surface area contributed by atoms with Crippen LogP contribution >= 0.6 is 0 Å². The molecule has 0 aromatic heterocycles. The van der Waals surface area contributed by atoms with Gasteiger partial charge in [0.2, 0.25) is 11.8 Å². The van der Waals surface area contributed by atoms with Crippen molar-refractivity contribution in [2.45, 2.75) is 143 Å². The lowest BCUT2D eigenvalue weighted by Gasteiger charge is -2.29. The quantitative estimate of drug-likeness (QED) is 0.0926. The maximum absolute atomic E-state index is 13.7. The van der Waals surface area contributed by atoms with E-state index in [2.05, 4.69) is 26.7 Å². The number of hydrazine groups is 1. The van der Waals surface area contributed by atoms with Gasteiger partial charge in [0.15, 0.2) is 0 Å². The molecule has 7 amide bonds. The number of ether oxygens (including phenoxy) is 2. The van der Waals surface area contributed by atoms with Crippen molar-refractivity contribution < 1.29 is 38.2 Å². The Morgan fingerprint density at radius 3 is 1.96 bits per heavy atom. The molecule has 1 rings (SSSR count). The molecule has 7 N–H and O–H groups in total. The third kappa shape index (κ3) is 17.9. The van der Waals surface area contributed by atoms with Gasteiger partial charge in [-0.25, -0.2) is 19.4 Å². The molecular weight excluding hydrogens is 622 g/mol. The zero-order valence-electron chi connectivity index (χ0n) is 30.1. The second kappa shape index (κ2) is 22.0. The predicted molar refractivity (Wildman–Crippen MR) is 181 cm³/mol. The highest BCUT2D eigenvalue weighted by molar-refractivity contribution is 5.94. The normalized spacial score (nSPS) is 15.3. The number of carbonyl (C=O) groups excluding carboxylic acids is 6. The van der Waals surface area contributed by atoms with Crippen LogP contribution in [0.5, 0.6) is 0 Å². The van der Waals surface area contributed by atoms with Crippen molar-refractivity contribution in [3.63, 3.8) is 0 Å². The van der Waals surface area contributed by atoms with Crippen molar-refractivity contribution in [3.05, 3.63) is 0 Å². The van der Waals surface area contributed by atoms with Gasteiger partial charge in [-0.05, 0) is 71.6 Å². The van der Waals surface area contributed by atoms with E-state index in [0.717, 1.165) is 37.1 Å². The Bertz CT molecular complexity index is 1040. The minimum Gasteiger partial charge on any atom is -0.450 e. The van der Waals surface area contributed by atoms with Crippen LogP contribution in [-0.2, 0) is 23.9 Å². The van der Waals surface area contributed by atoms with E-state index >= 15 is 0 Å². The highest BCUT2D eigenvalue weighted by atomic mass is 16.6. The maximum Gasteiger partial charge on any atom is 0.407 e. The molecular formula is C33H61N7O8. The van der Waals surface area contributed by atoms with E-state index in [1.54, 1.807) is 27.7 Å². The Hall–Kier alpha value is -3.78. The fraction of sp³-hybridized carbons (Fsp3) is 0.818. The lowest BCUT2D eigenvalue weighted by Crippen LogP contribution is -2.59. The first-order valence-corrected chi connectivity index (χ1v) is 17.4. The van der Waals surface area contributed by atoms with Gasteiger partial charge >= 0.3 is 18.2 Å². The molecule has 0 saturated heterocycles. The number of hydrogen-bond acceptors (Lipinski definition) is 8. The van der Waals surface area contributed by atoms with Crippen LogP contribution in [0.4, 0.5) is 14.4 Å². The molecule has 0 aromatic rings. The molecule has 48 heavy (non-hydrogen) atoms. The molecule has 0 aromatic carbocycles. The fourth-order valence-electron chi connectivity index (χ4n) is 5.42. The average Bonchev–Trinajstić information content (AvgIpc) is 2.98. The number of primary amides is 1. The molecule has 276 valence electrons. The number of carbonyl (C=O) groups is 6. The zero-order valence-corrected chi connectivity index (χ0v) is 30.1. The molecule has 1 aliphatic carbocycles. The predicted octanol–water partition coefficient (Wildman–Crippen LogP) is 3.60. The minimum atomic E-state index is -1.06. The highest BCUT2D eigenvalue weighted by Gasteiger charge is 2.32. The number of amides is 7. The summed E-state index contributed by atoms with van der Waals surface area (Å²) in [6.45, 7) is 13.1. The summed E-state index contributed by atoms with van der Waals surface area (Å²) in [6.07, 6.45) is 6.13. The van der Waals surface area contributed by atoms with E-state index in [1.807, 2.05) is 20.8 Å². The molecule has 0 unspecified atom stereocenters. The number of nitrogens with two attached hydrogens (primary N) is 1. The number of nitrogens with zero attached hydrogens (tertiary/aromatic N) is 1. The van der Waals surface area contributed by atoms with Crippen LogP contribution in [0.3, 0.4) is 0 Å². The van der Waals surface area contributed by atoms with Gasteiger partial charge < -0.3 is 36.5 Å². The Balaban J connectivity index is 3.12. The van der Waals surface area contributed by atoms with Crippen molar-refractivity contribution in [2.75, 3.05) is 19.7 Å². The third-order valence-corrected chi connectivity index (χ3v) is 7.67. The van der Waals surface area contributed by atoms with Crippen molar-refractivity contribution in [1.29, 1.82) is 0 Å². The van der Waals surface area contributed by atoms with Gasteiger partial charge in [0.25, 0.3) is 5.91 Å². The second-order valence-electron chi connectivity index (χ2n) is 13.8. The maximum atomic E-state index is 13.7. The molecule has 0 bridgehead atoms. The largest absolute Gasteiger partial charge is 0.450 e. The van der Waals surface area contributed by atoms with Crippen LogP contribution in [0.1, 0.15) is 119 Å². The molecule has 0 heterocycles. The van der Waals surface area contributed by atoms with Gasteiger partial charge in [0.05, 0.1) is 6.61 Å². The van der Waals surface area contributed by atoms with E-state index in [-0.39, 0.29) is 44.4 Å². The topological polar surface area (TPSA) is 210 Å². The number of unbranched alkanes of at least 4 members (excludes halogenated alkanes) is 1. The van der Waals surface area contributed by atoms with Crippen molar-refractivity contribution >= 4 is 35.9 Å². The lowest BCUT2D eigenvalue weighted by atomic mass is 9.84. The van der Waals surface area contributed by atoms with Gasteiger partial charge in [-0.3, -0.25) is 19.8 Å². The summed E-state index contributed by atoms with van der Waals surface area (Å²) in [5.74, 6) is -1.49. The van der Waals surface area contributed by atoms with E-state index in [4.69, 9.17) is 15.2 Å². The SMILES string of the molecule is CCC[C@H](NC(=O)[C@H](CCCCNC(=O)OC(C)(C)C)NC(=O)[C@H](CC1CCCCC1)NC(=O)OCC)C(=O)NN(CC(C)C)C(N)=O. The van der Waals surface area contributed by atoms with Crippen LogP contribution in [-0.4, -0.2) is 84.4 Å². The van der Waals surface area contributed by atoms with Crippen LogP contribution in [0.2, 0.25) is 0 Å². The molecule has 0 radical (unpaired) electrons. The fourth-order valence-corrected chi connectivity index (χ4v) is 5.42. The number of urea groups is 1. The summed E-state index contributed by atoms with van der Waals surface area (Å²) in [5.41, 5.74) is 7.31. The number of rotatable bonds is 18. The van der Waals surface area contributed by atoms with Gasteiger partial charge in [-0.1, -0.05) is 59.3 Å². The summed E-state index contributed by atoms with van der Waals surface area (Å²) in [7, 11) is 0. The van der Waals surface area contributed by atoms with Crippen LogP contribution in [0.25, 0.3) is 0 Å². The first-order chi connectivity index (χ1) is 22.6. The Kier molecular flexibility index (Phi) is 19.3. The summed E-state index contributed by atoms with van der Waals surface area (Å²) >= 11 is 0. The standard InChI is InChI=1S/C33H61N7O8/c1-8-15-24(29(43)39-40(30(34)44)21-22(3)4)36-27(41)25(18-13-14-19-35-31(45)48-33(5,6)7)37-28(42)26(38-32(46)47-9-2)20-23-16-11-10-12-17-23/h22-26H,8-21H2,1-7H3,(H2,34,44)(H,35,45)(H,36,41)(H,37,42)(H,38,46)(H,39,43)/t24-,25-,26-/m0/s1. The van der Waals surface area contributed by atoms with E-state index in [0.29, 0.717) is 25.7 Å². The summed E-state index contributed by atoms with van der Waals surface area (Å²) in [5, 5.41) is 11.9. The molecule has 15 heteroatoms. The van der Waals surface area contributed by atoms with E-state index in [9.17, 15) is 28.8 Å². The van der Waals surface area contributed by atoms with Gasteiger partial charge in [0, 0.05) is 13.1 Å². The number of hydrogen-bond donors (Lipinski definition) is 6. The Morgan fingerprint density at radius 1 is 0.812 bits per heavy atom. The zero-order chi connectivity index (χ0) is 36.3. The Morgan fingerprint density at radius 2 is 1.42 bits per heavy atom. The van der Waals surface area contributed by atoms with Gasteiger partial charge in [-0.15, -0.1) is 0 Å². The first-order valence-electron chi connectivity index (χ1n) is 17.4. The van der Waals surface area contributed by atoms with Crippen molar-refractivity contribution in [1.82, 2.24) is 31.7 Å². The smallest absolute Gasteiger partial charge is 0.407 e. The highest BCUT2D eigenvalue weighted by Crippen LogP contribution is 2.27. The molecule has 3 atom stereocenters. The molecule has 0 spiro atoms. The van der Waals surface area contributed by atoms with Crippen LogP contribution in [0.15, 0.2) is 0 Å². The van der Waals surface area contributed by atoms with Crippen LogP contribution < -0.4 is 32.4 Å². The van der Waals surface area contributed by atoms with E-state index < -0.39 is 59.7 Å². The van der Waals surface area contributed by atoms with E-state index in [1.165, 1.54) is 0 Å². The molecule has 1 aliphatic rings. The van der Waals surface area contributed by atoms with Gasteiger partial charge in [0.1, 0.15) is 23.7 Å². The first kappa shape index (κ1) is 42.2. The third-order valence-electron chi connectivity index (χ3n) is 7.67. The second-order valence-corrected chi connectivity index (χ2v) is 13.8. The number of alkyl carbamates (subject to hydrolysis) is 2. The average molecular weight is 684 g/mol. The lowest BCUT2D eigenvalue weighted by molar-refractivity contribution is -0.134. The summed E-state index contributed by atoms with van der Waals surface area (Å²) in [6, 6.07) is -3.83. The van der Waals surface area contributed by atoms with Crippen molar-refractivity contribution in [2.24, 2.45) is 17.6 Å². The molecule has 0 aliphatic heterocycles. The van der Waals surface area contributed by atoms with Gasteiger partial charge in [-0.2, -0.15) is 0 Å². The van der Waals surface area contributed by atoms with Crippen molar-refractivity contribution in [3.8, 4) is 0 Å². The summed E-state index contributed by atoms with van der Waals surface area (Å²) < 4.78 is 10.3. The monoisotopic (exact) mass is 683 g/mol.